The molecule has 0 aromatic heterocycles. The molecule has 1 amide bonds. The SMILES string of the molecule is O=C1N(c2ccccc2)c2ccc(Sc3ccccc3)cc2C12OCCCO2. The van der Waals surface area contributed by atoms with Crippen LogP contribution in [0, 0.1) is 0 Å². The molecule has 3 aromatic rings. The van der Waals surface area contributed by atoms with Crippen LogP contribution in [-0.2, 0) is 20.1 Å². The minimum Gasteiger partial charge on any atom is -0.338 e. The molecule has 2 aliphatic heterocycles. The van der Waals surface area contributed by atoms with Crippen LogP contribution in [0.4, 0.5) is 11.4 Å². The molecular weight excluding hydrogens is 370 g/mol. The van der Waals surface area contributed by atoms with Crippen LogP contribution in [0.15, 0.2) is 88.7 Å². The molecule has 1 fully saturated rings. The summed E-state index contributed by atoms with van der Waals surface area (Å²) in [5.74, 6) is -1.54. The van der Waals surface area contributed by atoms with E-state index >= 15 is 0 Å². The average molecular weight is 389 g/mol. The van der Waals surface area contributed by atoms with Gasteiger partial charge in [-0.25, -0.2) is 0 Å². The van der Waals surface area contributed by atoms with Crippen LogP contribution in [0.1, 0.15) is 12.0 Å². The largest absolute Gasteiger partial charge is 0.338 e. The zero-order chi connectivity index (χ0) is 19.0. The summed E-state index contributed by atoms with van der Waals surface area (Å²) in [4.78, 5) is 17.4. The summed E-state index contributed by atoms with van der Waals surface area (Å²) in [6.07, 6.45) is 0.786. The molecule has 0 aliphatic carbocycles. The van der Waals surface area contributed by atoms with Crippen LogP contribution in [0.5, 0.6) is 0 Å². The molecular formula is C23H19NO3S. The number of benzene rings is 3. The molecule has 5 heteroatoms. The molecule has 5 rings (SSSR count). The van der Waals surface area contributed by atoms with E-state index in [1.54, 1.807) is 16.7 Å². The zero-order valence-corrected chi connectivity index (χ0v) is 16.0. The molecule has 0 atom stereocenters. The number of carbonyl (C=O) groups is 1. The van der Waals surface area contributed by atoms with E-state index < -0.39 is 5.79 Å². The molecule has 1 spiro atoms. The van der Waals surface area contributed by atoms with Crippen molar-refractivity contribution >= 4 is 29.0 Å². The van der Waals surface area contributed by atoms with Gasteiger partial charge in [0.15, 0.2) is 0 Å². The van der Waals surface area contributed by atoms with E-state index in [1.165, 1.54) is 0 Å². The lowest BCUT2D eigenvalue weighted by molar-refractivity contribution is -0.256. The van der Waals surface area contributed by atoms with Gasteiger partial charge in [0.2, 0.25) is 0 Å². The zero-order valence-electron chi connectivity index (χ0n) is 15.2. The van der Waals surface area contributed by atoms with E-state index in [2.05, 4.69) is 12.1 Å². The van der Waals surface area contributed by atoms with Gasteiger partial charge in [-0.1, -0.05) is 48.2 Å². The predicted octanol–water partition coefficient (Wildman–Crippen LogP) is 5.11. The molecule has 0 unspecified atom stereocenters. The standard InChI is InChI=1S/C23H19NO3S/c25-22-23(26-14-7-15-27-23)20-16-19(28-18-10-5-2-6-11-18)12-13-21(20)24(22)17-8-3-1-4-9-17/h1-6,8-13,16H,7,14-15H2. The number of ether oxygens (including phenoxy) is 2. The maximum absolute atomic E-state index is 13.5. The summed E-state index contributed by atoms with van der Waals surface area (Å²) in [6, 6.07) is 25.9. The van der Waals surface area contributed by atoms with Crippen LogP contribution >= 0.6 is 11.8 Å². The number of rotatable bonds is 3. The Balaban J connectivity index is 1.61. The van der Waals surface area contributed by atoms with Crippen LogP contribution in [-0.4, -0.2) is 19.1 Å². The number of hydrogen-bond acceptors (Lipinski definition) is 4. The molecule has 28 heavy (non-hydrogen) atoms. The molecule has 2 aliphatic rings. The van der Waals surface area contributed by atoms with Gasteiger partial charge in [-0.05, 0) is 48.9 Å². The van der Waals surface area contributed by atoms with Gasteiger partial charge < -0.3 is 9.47 Å². The summed E-state index contributed by atoms with van der Waals surface area (Å²) in [5, 5.41) is 0. The summed E-state index contributed by atoms with van der Waals surface area (Å²) in [6.45, 7) is 1.01. The van der Waals surface area contributed by atoms with E-state index in [0.29, 0.717) is 13.2 Å². The monoisotopic (exact) mass is 389 g/mol. The van der Waals surface area contributed by atoms with Crippen molar-refractivity contribution < 1.29 is 14.3 Å². The fourth-order valence-corrected chi connectivity index (χ4v) is 4.56. The highest BCUT2D eigenvalue weighted by Crippen LogP contribution is 2.49. The molecule has 4 nitrogen and oxygen atoms in total. The Morgan fingerprint density at radius 2 is 1.50 bits per heavy atom. The van der Waals surface area contributed by atoms with Gasteiger partial charge in [-0.2, -0.15) is 0 Å². The second-order valence-corrected chi connectivity index (χ2v) is 7.88. The third-order valence-electron chi connectivity index (χ3n) is 4.94. The highest BCUT2D eigenvalue weighted by atomic mass is 32.2. The number of anilines is 2. The third kappa shape index (κ3) is 2.83. The number of para-hydroxylation sites is 1. The van der Waals surface area contributed by atoms with E-state index in [-0.39, 0.29) is 5.91 Å². The summed E-state index contributed by atoms with van der Waals surface area (Å²) in [5.41, 5.74) is 2.41. The van der Waals surface area contributed by atoms with Crippen molar-refractivity contribution in [2.24, 2.45) is 0 Å². The van der Waals surface area contributed by atoms with E-state index in [1.807, 2.05) is 66.7 Å². The molecule has 0 N–H and O–H groups in total. The second kappa shape index (κ2) is 7.09. The minimum absolute atomic E-state index is 0.185. The first-order chi connectivity index (χ1) is 13.8. The Bertz CT molecular complexity index is 1000. The fraction of sp³-hybridized carbons (Fsp3) is 0.174. The molecule has 3 aromatic carbocycles. The fourth-order valence-electron chi connectivity index (χ4n) is 3.68. The molecule has 0 saturated carbocycles. The molecule has 2 heterocycles. The lowest BCUT2D eigenvalue weighted by Gasteiger charge is -2.32. The van der Waals surface area contributed by atoms with Gasteiger partial charge >= 0.3 is 0 Å². The van der Waals surface area contributed by atoms with Crippen molar-refractivity contribution in [3.05, 3.63) is 84.4 Å². The number of nitrogens with zero attached hydrogens (tertiary/aromatic N) is 1. The van der Waals surface area contributed by atoms with Crippen LogP contribution in [0.25, 0.3) is 0 Å². The predicted molar refractivity (Wildman–Crippen MR) is 109 cm³/mol. The Labute approximate surface area is 168 Å². The van der Waals surface area contributed by atoms with Crippen LogP contribution in [0.2, 0.25) is 0 Å². The average Bonchev–Trinajstić information content (AvgIpc) is 2.98. The number of amides is 1. The summed E-state index contributed by atoms with van der Waals surface area (Å²) in [7, 11) is 0. The Morgan fingerprint density at radius 3 is 2.21 bits per heavy atom. The maximum atomic E-state index is 13.5. The normalized spacial score (nSPS) is 17.7. The van der Waals surface area contributed by atoms with Gasteiger partial charge in [0.05, 0.1) is 18.9 Å². The van der Waals surface area contributed by atoms with Crippen molar-refractivity contribution in [3.8, 4) is 0 Å². The van der Waals surface area contributed by atoms with E-state index in [9.17, 15) is 4.79 Å². The first-order valence-corrected chi connectivity index (χ1v) is 10.1. The van der Waals surface area contributed by atoms with Crippen LogP contribution < -0.4 is 4.90 Å². The molecule has 0 radical (unpaired) electrons. The van der Waals surface area contributed by atoms with Crippen molar-refractivity contribution in [2.75, 3.05) is 18.1 Å². The Morgan fingerprint density at radius 1 is 0.821 bits per heavy atom. The molecule has 1 saturated heterocycles. The van der Waals surface area contributed by atoms with Crippen molar-refractivity contribution in [3.63, 3.8) is 0 Å². The number of fused-ring (bicyclic) bond motifs is 2. The minimum atomic E-state index is -1.35. The first kappa shape index (κ1) is 17.5. The Kier molecular flexibility index (Phi) is 4.43. The maximum Gasteiger partial charge on any atom is 0.297 e. The molecule has 0 bridgehead atoms. The van der Waals surface area contributed by atoms with Crippen molar-refractivity contribution in [1.82, 2.24) is 0 Å². The van der Waals surface area contributed by atoms with Gasteiger partial charge in [0.1, 0.15) is 0 Å². The van der Waals surface area contributed by atoms with E-state index in [0.717, 1.165) is 33.2 Å². The Hall–Kier alpha value is -2.60. The second-order valence-electron chi connectivity index (χ2n) is 6.74. The van der Waals surface area contributed by atoms with Gasteiger partial charge in [-0.3, -0.25) is 9.69 Å². The highest BCUT2D eigenvalue weighted by Gasteiger charge is 2.55. The van der Waals surface area contributed by atoms with Gasteiger partial charge in [-0.15, -0.1) is 0 Å². The lowest BCUT2D eigenvalue weighted by atomic mass is 10.1. The number of hydrogen-bond donors (Lipinski definition) is 0. The topological polar surface area (TPSA) is 38.8 Å². The third-order valence-corrected chi connectivity index (χ3v) is 5.94. The van der Waals surface area contributed by atoms with Crippen molar-refractivity contribution in [2.45, 2.75) is 22.0 Å². The van der Waals surface area contributed by atoms with E-state index in [4.69, 9.17) is 9.47 Å². The smallest absolute Gasteiger partial charge is 0.297 e. The number of carbonyl (C=O) groups excluding carboxylic acids is 1. The van der Waals surface area contributed by atoms with Gasteiger partial charge in [0, 0.05) is 21.0 Å². The van der Waals surface area contributed by atoms with Crippen LogP contribution in [0.3, 0.4) is 0 Å². The highest BCUT2D eigenvalue weighted by molar-refractivity contribution is 7.99. The molecule has 140 valence electrons. The van der Waals surface area contributed by atoms with Crippen molar-refractivity contribution in [1.29, 1.82) is 0 Å². The van der Waals surface area contributed by atoms with Gasteiger partial charge in [0.25, 0.3) is 11.7 Å². The summed E-state index contributed by atoms with van der Waals surface area (Å²) >= 11 is 1.66. The first-order valence-electron chi connectivity index (χ1n) is 9.33. The quantitative estimate of drug-likeness (QED) is 0.624. The lowest BCUT2D eigenvalue weighted by Crippen LogP contribution is -2.46. The summed E-state index contributed by atoms with van der Waals surface area (Å²) < 4.78 is 12.0.